The molecule has 0 bridgehead atoms. The Kier molecular flexibility index (Phi) is 5.47. The largest absolute Gasteiger partial charge is 0.398 e. The van der Waals surface area contributed by atoms with Gasteiger partial charge in [0.1, 0.15) is 0 Å². The van der Waals surface area contributed by atoms with Crippen molar-refractivity contribution in [2.24, 2.45) is 0 Å². The van der Waals surface area contributed by atoms with Gasteiger partial charge in [-0.05, 0) is 40.9 Å². The number of nitrogen functional groups attached to an aromatic ring is 1. The van der Waals surface area contributed by atoms with Gasteiger partial charge in [-0.1, -0.05) is 12.1 Å². The van der Waals surface area contributed by atoms with Crippen LogP contribution in [0.1, 0.15) is 29.2 Å². The summed E-state index contributed by atoms with van der Waals surface area (Å²) in [7, 11) is 0. The molecule has 1 aliphatic heterocycles. The van der Waals surface area contributed by atoms with E-state index in [2.05, 4.69) is 21.0 Å². The summed E-state index contributed by atoms with van der Waals surface area (Å²) in [5, 5.41) is 4.33. The van der Waals surface area contributed by atoms with Crippen LogP contribution < -0.4 is 5.73 Å². The number of carbonyl (C=O) groups is 1. The minimum Gasteiger partial charge on any atom is -0.398 e. The lowest BCUT2D eigenvalue weighted by atomic mass is 10.0. The molecule has 1 aromatic carbocycles. The zero-order chi connectivity index (χ0) is 14.8. The van der Waals surface area contributed by atoms with Crippen LogP contribution in [0.15, 0.2) is 41.1 Å². The van der Waals surface area contributed by atoms with Crippen LogP contribution in [0.3, 0.4) is 0 Å². The number of likely N-dealkylation sites (tertiary alicyclic amines) is 1. The predicted molar refractivity (Wildman–Crippen MR) is 92.2 cm³/mol. The molecule has 2 N–H and O–H groups in total. The lowest BCUT2D eigenvalue weighted by Gasteiger charge is -2.32. The van der Waals surface area contributed by atoms with Crippen molar-refractivity contribution in [2.75, 3.05) is 18.8 Å². The van der Waals surface area contributed by atoms with Crippen LogP contribution in [0.4, 0.5) is 5.69 Å². The highest BCUT2D eigenvalue weighted by Crippen LogP contribution is 2.25. The summed E-state index contributed by atoms with van der Waals surface area (Å²) >= 11 is 3.41. The van der Waals surface area contributed by atoms with Gasteiger partial charge < -0.3 is 10.6 Å². The molecule has 1 saturated heterocycles. The average molecular weight is 386 g/mol. The van der Waals surface area contributed by atoms with Crippen LogP contribution >= 0.6 is 28.3 Å². The number of benzene rings is 1. The second-order valence-corrected chi connectivity index (χ2v) is 6.16. The summed E-state index contributed by atoms with van der Waals surface area (Å²) in [4.78, 5) is 14.4. The van der Waals surface area contributed by atoms with Crippen molar-refractivity contribution in [3.63, 3.8) is 0 Å². The van der Waals surface area contributed by atoms with E-state index in [1.807, 2.05) is 27.9 Å². The molecule has 0 atom stereocenters. The SMILES string of the molecule is Cl.Nc1ccccc1C(=O)N1CCC(n2cc(Br)cn2)CC1. The fourth-order valence-corrected chi connectivity index (χ4v) is 3.01. The maximum Gasteiger partial charge on any atom is 0.255 e. The normalized spacial score (nSPS) is 15.4. The molecule has 118 valence electrons. The molecule has 0 unspecified atom stereocenters. The molecular formula is C15H18BrClN4O. The van der Waals surface area contributed by atoms with Gasteiger partial charge in [-0.15, -0.1) is 12.4 Å². The van der Waals surface area contributed by atoms with E-state index in [1.165, 1.54) is 0 Å². The number of rotatable bonds is 2. The summed E-state index contributed by atoms with van der Waals surface area (Å²) in [6, 6.07) is 7.59. The van der Waals surface area contributed by atoms with Crippen LogP contribution in [0.2, 0.25) is 0 Å². The van der Waals surface area contributed by atoms with Gasteiger partial charge in [-0.25, -0.2) is 0 Å². The van der Waals surface area contributed by atoms with E-state index < -0.39 is 0 Å². The van der Waals surface area contributed by atoms with Gasteiger partial charge in [-0.2, -0.15) is 5.10 Å². The Morgan fingerprint density at radius 1 is 1.27 bits per heavy atom. The molecule has 1 amide bonds. The number of aromatic nitrogens is 2. The monoisotopic (exact) mass is 384 g/mol. The van der Waals surface area contributed by atoms with Crippen molar-refractivity contribution < 1.29 is 4.79 Å². The topological polar surface area (TPSA) is 64.2 Å². The van der Waals surface area contributed by atoms with Crippen molar-refractivity contribution in [1.82, 2.24) is 14.7 Å². The smallest absolute Gasteiger partial charge is 0.255 e. The van der Waals surface area contributed by atoms with E-state index in [4.69, 9.17) is 5.73 Å². The molecule has 5 nitrogen and oxygen atoms in total. The number of para-hydroxylation sites is 1. The Morgan fingerprint density at radius 3 is 2.55 bits per heavy atom. The Morgan fingerprint density at radius 2 is 1.95 bits per heavy atom. The third-order valence-electron chi connectivity index (χ3n) is 3.89. The lowest BCUT2D eigenvalue weighted by molar-refractivity contribution is 0.0691. The second kappa shape index (κ2) is 7.15. The minimum atomic E-state index is 0. The molecule has 2 heterocycles. The molecule has 0 aliphatic carbocycles. The van der Waals surface area contributed by atoms with Gasteiger partial charge >= 0.3 is 0 Å². The number of hydrogen-bond donors (Lipinski definition) is 1. The van der Waals surface area contributed by atoms with Crippen molar-refractivity contribution in [3.8, 4) is 0 Å². The van der Waals surface area contributed by atoms with Gasteiger partial charge in [0, 0.05) is 25.0 Å². The number of carbonyl (C=O) groups excluding carboxylic acids is 1. The number of anilines is 1. The van der Waals surface area contributed by atoms with Crippen LogP contribution in [-0.4, -0.2) is 33.7 Å². The Bertz CT molecular complexity index is 652. The van der Waals surface area contributed by atoms with E-state index in [0.717, 1.165) is 30.4 Å². The third-order valence-corrected chi connectivity index (χ3v) is 4.30. The van der Waals surface area contributed by atoms with E-state index in [0.29, 0.717) is 17.3 Å². The molecule has 7 heteroatoms. The fourth-order valence-electron chi connectivity index (χ4n) is 2.71. The molecular weight excluding hydrogens is 368 g/mol. The van der Waals surface area contributed by atoms with E-state index in [-0.39, 0.29) is 18.3 Å². The first-order chi connectivity index (χ1) is 10.1. The number of nitrogens with two attached hydrogens (primary N) is 1. The molecule has 2 aromatic rings. The maximum atomic E-state index is 12.5. The number of nitrogens with zero attached hydrogens (tertiary/aromatic N) is 3. The lowest BCUT2D eigenvalue weighted by Crippen LogP contribution is -2.39. The molecule has 0 radical (unpaired) electrons. The number of halogens is 2. The highest BCUT2D eigenvalue weighted by atomic mass is 79.9. The number of hydrogen-bond acceptors (Lipinski definition) is 3. The molecule has 22 heavy (non-hydrogen) atoms. The molecule has 0 saturated carbocycles. The van der Waals surface area contributed by atoms with Gasteiger partial charge in [0.25, 0.3) is 5.91 Å². The quantitative estimate of drug-likeness (QED) is 0.808. The van der Waals surface area contributed by atoms with Crippen LogP contribution in [0.25, 0.3) is 0 Å². The molecule has 1 aliphatic rings. The highest BCUT2D eigenvalue weighted by molar-refractivity contribution is 9.10. The fraction of sp³-hybridized carbons (Fsp3) is 0.333. The Hall–Kier alpha value is -1.53. The van der Waals surface area contributed by atoms with Gasteiger partial charge in [-0.3, -0.25) is 9.48 Å². The first-order valence-corrected chi connectivity index (χ1v) is 7.78. The van der Waals surface area contributed by atoms with Crippen LogP contribution in [0, 0.1) is 0 Å². The van der Waals surface area contributed by atoms with Crippen molar-refractivity contribution >= 4 is 39.9 Å². The zero-order valence-corrected chi connectivity index (χ0v) is 14.4. The summed E-state index contributed by atoms with van der Waals surface area (Å²) in [5.74, 6) is 0.0215. The van der Waals surface area contributed by atoms with Crippen LogP contribution in [0.5, 0.6) is 0 Å². The van der Waals surface area contributed by atoms with E-state index >= 15 is 0 Å². The zero-order valence-electron chi connectivity index (χ0n) is 12.0. The Labute approximate surface area is 144 Å². The molecule has 0 spiro atoms. The summed E-state index contributed by atoms with van der Waals surface area (Å²) in [6.45, 7) is 1.46. The summed E-state index contributed by atoms with van der Waals surface area (Å²) < 4.78 is 2.96. The van der Waals surface area contributed by atoms with Crippen LogP contribution in [-0.2, 0) is 0 Å². The first kappa shape index (κ1) is 16.8. The van der Waals surface area contributed by atoms with Gasteiger partial charge in [0.15, 0.2) is 0 Å². The van der Waals surface area contributed by atoms with Crippen molar-refractivity contribution in [1.29, 1.82) is 0 Å². The maximum absolute atomic E-state index is 12.5. The molecule has 1 fully saturated rings. The molecule has 1 aromatic heterocycles. The summed E-state index contributed by atoms with van der Waals surface area (Å²) in [6.07, 6.45) is 5.60. The number of piperidine rings is 1. The highest BCUT2D eigenvalue weighted by Gasteiger charge is 2.25. The standard InChI is InChI=1S/C15H17BrN4O.ClH/c16-11-9-18-20(10-11)12-5-7-19(8-6-12)15(21)13-3-1-2-4-14(13)17;/h1-4,9-10,12H,5-8,17H2;1H. The van der Waals surface area contributed by atoms with Crippen molar-refractivity contribution in [2.45, 2.75) is 18.9 Å². The Balaban J connectivity index is 0.00000176. The summed E-state index contributed by atoms with van der Waals surface area (Å²) in [5.41, 5.74) is 7.02. The first-order valence-electron chi connectivity index (χ1n) is 6.98. The minimum absolute atomic E-state index is 0. The predicted octanol–water partition coefficient (Wildman–Crippen LogP) is 3.13. The average Bonchev–Trinajstić information content (AvgIpc) is 2.94. The van der Waals surface area contributed by atoms with E-state index in [9.17, 15) is 4.79 Å². The van der Waals surface area contributed by atoms with Gasteiger partial charge in [0.2, 0.25) is 0 Å². The number of amides is 1. The van der Waals surface area contributed by atoms with Gasteiger partial charge in [0.05, 0.1) is 22.3 Å². The van der Waals surface area contributed by atoms with E-state index in [1.54, 1.807) is 18.3 Å². The van der Waals surface area contributed by atoms with Crippen molar-refractivity contribution in [3.05, 3.63) is 46.7 Å². The molecule has 3 rings (SSSR count). The third kappa shape index (κ3) is 3.44. The second-order valence-electron chi connectivity index (χ2n) is 5.25.